The average molecular weight is 258 g/mol. The van der Waals surface area contributed by atoms with Crippen LogP contribution in [0.15, 0.2) is 0 Å². The molecule has 0 spiro atoms. The number of rotatable bonds is 7. The fourth-order valence-corrected chi connectivity index (χ4v) is 1.56. The summed E-state index contributed by atoms with van der Waals surface area (Å²) in [5.41, 5.74) is -0.289. The molecule has 0 radical (unpaired) electrons. The van der Waals surface area contributed by atoms with Gasteiger partial charge in [0.15, 0.2) is 0 Å². The second-order valence-corrected chi connectivity index (χ2v) is 5.07. The molecule has 0 aromatic heterocycles. The highest BCUT2D eigenvalue weighted by molar-refractivity contribution is 5.83. The number of amides is 2. The Morgan fingerprint density at radius 1 is 1.22 bits per heavy atom. The molecule has 0 saturated carbocycles. The molecule has 106 valence electrons. The first-order valence-corrected chi connectivity index (χ1v) is 6.61. The van der Waals surface area contributed by atoms with Crippen molar-refractivity contribution in [2.24, 2.45) is 5.92 Å². The Labute approximate surface area is 109 Å². The SMILES string of the molecule is CCC(C)[C@H](NC(=O)NC(C)(CC)CC)C(=O)O. The molecule has 5 heteroatoms. The number of carboxylic acid groups (broad SMARTS) is 1. The summed E-state index contributed by atoms with van der Waals surface area (Å²) >= 11 is 0. The van der Waals surface area contributed by atoms with Gasteiger partial charge in [0.1, 0.15) is 6.04 Å². The molecular weight excluding hydrogens is 232 g/mol. The summed E-state index contributed by atoms with van der Waals surface area (Å²) in [4.78, 5) is 22.9. The molecule has 2 atom stereocenters. The number of hydrogen-bond acceptors (Lipinski definition) is 2. The van der Waals surface area contributed by atoms with E-state index in [2.05, 4.69) is 10.6 Å². The minimum Gasteiger partial charge on any atom is -0.480 e. The molecule has 0 aliphatic rings. The number of hydrogen-bond donors (Lipinski definition) is 3. The highest BCUT2D eigenvalue weighted by atomic mass is 16.4. The molecular formula is C13H26N2O3. The van der Waals surface area contributed by atoms with Crippen LogP contribution in [0.4, 0.5) is 4.79 Å². The van der Waals surface area contributed by atoms with Crippen LogP contribution < -0.4 is 10.6 Å². The fraction of sp³-hybridized carbons (Fsp3) is 0.846. The lowest BCUT2D eigenvalue weighted by Gasteiger charge is -2.30. The van der Waals surface area contributed by atoms with Crippen molar-refractivity contribution in [3.05, 3.63) is 0 Å². The Hall–Kier alpha value is -1.26. The van der Waals surface area contributed by atoms with Crippen LogP contribution in [-0.4, -0.2) is 28.7 Å². The van der Waals surface area contributed by atoms with Crippen LogP contribution in [0.25, 0.3) is 0 Å². The first-order chi connectivity index (χ1) is 8.29. The van der Waals surface area contributed by atoms with Gasteiger partial charge in [-0.05, 0) is 25.7 Å². The maximum absolute atomic E-state index is 11.8. The Morgan fingerprint density at radius 2 is 1.72 bits per heavy atom. The van der Waals surface area contributed by atoms with E-state index in [1.165, 1.54) is 0 Å². The maximum atomic E-state index is 11.8. The highest BCUT2D eigenvalue weighted by Crippen LogP contribution is 2.14. The predicted molar refractivity (Wildman–Crippen MR) is 71.5 cm³/mol. The zero-order valence-electron chi connectivity index (χ0n) is 12.0. The molecule has 0 fully saturated rings. The van der Waals surface area contributed by atoms with Crippen molar-refractivity contribution < 1.29 is 14.7 Å². The first kappa shape index (κ1) is 16.7. The normalized spacial score (nSPS) is 14.7. The monoisotopic (exact) mass is 258 g/mol. The Morgan fingerprint density at radius 3 is 2.06 bits per heavy atom. The Bertz CT molecular complexity index is 288. The molecule has 2 amide bonds. The first-order valence-electron chi connectivity index (χ1n) is 6.61. The lowest BCUT2D eigenvalue weighted by atomic mass is 9.95. The van der Waals surface area contributed by atoms with Crippen LogP contribution in [0.5, 0.6) is 0 Å². The molecule has 1 unspecified atom stereocenters. The van der Waals surface area contributed by atoms with Gasteiger partial charge in [0.05, 0.1) is 0 Å². The van der Waals surface area contributed by atoms with Crippen molar-refractivity contribution in [1.82, 2.24) is 10.6 Å². The van der Waals surface area contributed by atoms with Crippen molar-refractivity contribution in [3.63, 3.8) is 0 Å². The Balaban J connectivity index is 4.57. The predicted octanol–water partition coefficient (Wildman–Crippen LogP) is 2.36. The summed E-state index contributed by atoms with van der Waals surface area (Å²) in [6, 6.07) is -1.25. The number of carbonyl (C=O) groups is 2. The third-order valence-corrected chi connectivity index (χ3v) is 3.74. The van der Waals surface area contributed by atoms with E-state index in [-0.39, 0.29) is 11.5 Å². The molecule has 0 aliphatic heterocycles. The summed E-state index contributed by atoms with van der Waals surface area (Å²) in [5.74, 6) is -1.09. The highest BCUT2D eigenvalue weighted by Gasteiger charge is 2.28. The molecule has 0 aliphatic carbocycles. The molecule has 0 bridgehead atoms. The minimum atomic E-state index is -0.991. The molecule has 0 aromatic rings. The molecule has 0 aromatic carbocycles. The largest absolute Gasteiger partial charge is 0.480 e. The van der Waals surface area contributed by atoms with Gasteiger partial charge in [0, 0.05) is 5.54 Å². The lowest BCUT2D eigenvalue weighted by Crippen LogP contribution is -2.55. The summed E-state index contributed by atoms with van der Waals surface area (Å²) in [6.45, 7) is 9.66. The summed E-state index contributed by atoms with van der Waals surface area (Å²) in [5, 5.41) is 14.5. The van der Waals surface area contributed by atoms with E-state index in [1.54, 1.807) is 0 Å². The molecule has 0 saturated heterocycles. The summed E-state index contributed by atoms with van der Waals surface area (Å²) < 4.78 is 0. The smallest absolute Gasteiger partial charge is 0.326 e. The van der Waals surface area contributed by atoms with E-state index < -0.39 is 18.0 Å². The van der Waals surface area contributed by atoms with Gasteiger partial charge in [-0.15, -0.1) is 0 Å². The number of carboxylic acids is 1. The van der Waals surface area contributed by atoms with Crippen molar-refractivity contribution in [2.45, 2.75) is 65.5 Å². The van der Waals surface area contributed by atoms with Gasteiger partial charge in [-0.2, -0.15) is 0 Å². The van der Waals surface area contributed by atoms with E-state index >= 15 is 0 Å². The van der Waals surface area contributed by atoms with Gasteiger partial charge < -0.3 is 15.7 Å². The topological polar surface area (TPSA) is 78.4 Å². The van der Waals surface area contributed by atoms with E-state index in [0.29, 0.717) is 6.42 Å². The molecule has 3 N–H and O–H groups in total. The number of carbonyl (C=O) groups excluding carboxylic acids is 1. The van der Waals surface area contributed by atoms with E-state index in [9.17, 15) is 9.59 Å². The van der Waals surface area contributed by atoms with Gasteiger partial charge in [-0.3, -0.25) is 0 Å². The van der Waals surface area contributed by atoms with Crippen LogP contribution >= 0.6 is 0 Å². The van der Waals surface area contributed by atoms with E-state index in [0.717, 1.165) is 12.8 Å². The zero-order valence-corrected chi connectivity index (χ0v) is 12.0. The quantitative estimate of drug-likeness (QED) is 0.656. The van der Waals surface area contributed by atoms with E-state index in [1.807, 2.05) is 34.6 Å². The van der Waals surface area contributed by atoms with Crippen molar-refractivity contribution in [3.8, 4) is 0 Å². The van der Waals surface area contributed by atoms with Crippen LogP contribution in [0.2, 0.25) is 0 Å². The van der Waals surface area contributed by atoms with Crippen LogP contribution in [0.1, 0.15) is 53.9 Å². The van der Waals surface area contributed by atoms with Crippen molar-refractivity contribution >= 4 is 12.0 Å². The summed E-state index contributed by atoms with van der Waals surface area (Å²) in [7, 11) is 0. The van der Waals surface area contributed by atoms with Crippen LogP contribution in [-0.2, 0) is 4.79 Å². The van der Waals surface area contributed by atoms with Gasteiger partial charge in [-0.25, -0.2) is 9.59 Å². The summed E-state index contributed by atoms with van der Waals surface area (Å²) in [6.07, 6.45) is 2.31. The number of aliphatic carboxylic acids is 1. The van der Waals surface area contributed by atoms with Gasteiger partial charge in [-0.1, -0.05) is 34.1 Å². The third-order valence-electron chi connectivity index (χ3n) is 3.74. The molecule has 18 heavy (non-hydrogen) atoms. The second-order valence-electron chi connectivity index (χ2n) is 5.07. The number of urea groups is 1. The maximum Gasteiger partial charge on any atom is 0.326 e. The van der Waals surface area contributed by atoms with Crippen molar-refractivity contribution in [1.29, 1.82) is 0 Å². The van der Waals surface area contributed by atoms with Gasteiger partial charge in [0.25, 0.3) is 0 Å². The minimum absolute atomic E-state index is 0.0947. The molecule has 0 rings (SSSR count). The average Bonchev–Trinajstić information content (AvgIpc) is 2.34. The zero-order chi connectivity index (χ0) is 14.3. The lowest BCUT2D eigenvalue weighted by molar-refractivity contribution is -0.140. The van der Waals surface area contributed by atoms with Gasteiger partial charge >= 0.3 is 12.0 Å². The third kappa shape index (κ3) is 4.94. The molecule has 5 nitrogen and oxygen atoms in total. The van der Waals surface area contributed by atoms with Crippen LogP contribution in [0, 0.1) is 5.92 Å². The van der Waals surface area contributed by atoms with Crippen LogP contribution in [0.3, 0.4) is 0 Å². The van der Waals surface area contributed by atoms with Crippen molar-refractivity contribution in [2.75, 3.05) is 0 Å². The Kier molecular flexibility index (Phi) is 6.73. The van der Waals surface area contributed by atoms with E-state index in [4.69, 9.17) is 5.11 Å². The van der Waals surface area contributed by atoms with Gasteiger partial charge in [0.2, 0.25) is 0 Å². The second kappa shape index (κ2) is 7.24. The number of nitrogens with one attached hydrogen (secondary N) is 2. The fourth-order valence-electron chi connectivity index (χ4n) is 1.56. The molecule has 0 heterocycles. The standard InChI is InChI=1S/C13H26N2O3/c1-6-9(4)10(11(16)17)14-12(18)15-13(5,7-2)8-3/h9-10H,6-8H2,1-5H3,(H,16,17)(H2,14,15,18)/t9?,10-/m0/s1.